The zero-order valence-corrected chi connectivity index (χ0v) is 12.8. The van der Waals surface area contributed by atoms with Gasteiger partial charge in [0, 0.05) is 12.1 Å². The van der Waals surface area contributed by atoms with Gasteiger partial charge >= 0.3 is 0 Å². The fourth-order valence-electron chi connectivity index (χ4n) is 1.86. The van der Waals surface area contributed by atoms with Crippen LogP contribution < -0.4 is 10.1 Å². The Hall–Kier alpha value is -1.55. The number of ether oxygens (including phenoxy) is 1. The van der Waals surface area contributed by atoms with Crippen molar-refractivity contribution in [2.45, 2.75) is 52.7 Å². The van der Waals surface area contributed by atoms with Crippen LogP contribution in [-0.4, -0.2) is 23.7 Å². The molecule has 0 saturated heterocycles. The fourth-order valence-corrected chi connectivity index (χ4v) is 1.86. The Morgan fingerprint density at radius 3 is 2.70 bits per heavy atom. The SMILES string of the molecule is CCCCNC(=O)C(C)Oc1cc(C)ccc1[C@@H](C)O. The van der Waals surface area contributed by atoms with Crippen molar-refractivity contribution in [2.75, 3.05) is 6.54 Å². The zero-order chi connectivity index (χ0) is 15.1. The highest BCUT2D eigenvalue weighted by Crippen LogP contribution is 2.27. The third kappa shape index (κ3) is 4.85. The largest absolute Gasteiger partial charge is 0.481 e. The summed E-state index contributed by atoms with van der Waals surface area (Å²) in [6.07, 6.45) is 0.800. The Morgan fingerprint density at radius 1 is 1.40 bits per heavy atom. The number of benzene rings is 1. The van der Waals surface area contributed by atoms with Gasteiger partial charge in [-0.05, 0) is 38.8 Å². The highest BCUT2D eigenvalue weighted by atomic mass is 16.5. The highest BCUT2D eigenvalue weighted by Gasteiger charge is 2.17. The molecule has 1 aromatic rings. The molecule has 20 heavy (non-hydrogen) atoms. The van der Waals surface area contributed by atoms with Crippen LogP contribution in [0, 0.1) is 6.92 Å². The lowest BCUT2D eigenvalue weighted by Gasteiger charge is -2.19. The summed E-state index contributed by atoms with van der Waals surface area (Å²) in [4.78, 5) is 11.9. The summed E-state index contributed by atoms with van der Waals surface area (Å²) in [6.45, 7) is 8.09. The normalized spacial score (nSPS) is 13.7. The van der Waals surface area contributed by atoms with Gasteiger partial charge < -0.3 is 15.2 Å². The average Bonchev–Trinajstić information content (AvgIpc) is 2.38. The maximum absolute atomic E-state index is 11.9. The lowest BCUT2D eigenvalue weighted by atomic mass is 10.1. The molecule has 4 nitrogen and oxygen atoms in total. The quantitative estimate of drug-likeness (QED) is 0.755. The van der Waals surface area contributed by atoms with Crippen molar-refractivity contribution >= 4 is 5.91 Å². The second-order valence-electron chi connectivity index (χ2n) is 5.12. The second kappa shape index (κ2) is 7.90. The monoisotopic (exact) mass is 279 g/mol. The van der Waals surface area contributed by atoms with Crippen molar-refractivity contribution in [2.24, 2.45) is 0 Å². The molecule has 0 spiro atoms. The maximum Gasteiger partial charge on any atom is 0.260 e. The molecule has 0 heterocycles. The van der Waals surface area contributed by atoms with E-state index in [0.29, 0.717) is 17.9 Å². The minimum atomic E-state index is -0.624. The van der Waals surface area contributed by atoms with E-state index in [1.54, 1.807) is 13.8 Å². The minimum absolute atomic E-state index is 0.128. The molecule has 2 N–H and O–H groups in total. The third-order valence-corrected chi connectivity index (χ3v) is 3.12. The van der Waals surface area contributed by atoms with E-state index in [-0.39, 0.29) is 5.91 Å². The number of aryl methyl sites for hydroxylation is 1. The van der Waals surface area contributed by atoms with Crippen LogP contribution in [0.1, 0.15) is 50.8 Å². The summed E-state index contributed by atoms with van der Waals surface area (Å²) >= 11 is 0. The van der Waals surface area contributed by atoms with Gasteiger partial charge in [0.25, 0.3) is 5.91 Å². The number of carbonyl (C=O) groups excluding carboxylic acids is 1. The second-order valence-corrected chi connectivity index (χ2v) is 5.12. The number of unbranched alkanes of at least 4 members (excludes halogenated alkanes) is 1. The van der Waals surface area contributed by atoms with Crippen LogP contribution in [0.3, 0.4) is 0 Å². The number of rotatable bonds is 7. The van der Waals surface area contributed by atoms with Gasteiger partial charge in [-0.2, -0.15) is 0 Å². The molecule has 0 fully saturated rings. The van der Waals surface area contributed by atoms with Gasteiger partial charge in [0.15, 0.2) is 6.10 Å². The molecule has 0 aliphatic heterocycles. The van der Waals surface area contributed by atoms with E-state index in [4.69, 9.17) is 4.74 Å². The van der Waals surface area contributed by atoms with Crippen molar-refractivity contribution in [3.05, 3.63) is 29.3 Å². The topological polar surface area (TPSA) is 58.6 Å². The number of carbonyl (C=O) groups is 1. The fraction of sp³-hybridized carbons (Fsp3) is 0.562. The lowest BCUT2D eigenvalue weighted by molar-refractivity contribution is -0.127. The van der Waals surface area contributed by atoms with Crippen molar-refractivity contribution in [3.63, 3.8) is 0 Å². The predicted octanol–water partition coefficient (Wildman–Crippen LogP) is 2.73. The van der Waals surface area contributed by atoms with E-state index in [9.17, 15) is 9.90 Å². The van der Waals surface area contributed by atoms with Crippen LogP contribution in [0.4, 0.5) is 0 Å². The van der Waals surface area contributed by atoms with Crippen molar-refractivity contribution < 1.29 is 14.6 Å². The molecule has 112 valence electrons. The Labute approximate surface area is 121 Å². The molecule has 0 aromatic heterocycles. The molecular weight excluding hydrogens is 254 g/mol. The molecular formula is C16H25NO3. The third-order valence-electron chi connectivity index (χ3n) is 3.12. The Morgan fingerprint density at radius 2 is 2.10 bits per heavy atom. The van der Waals surface area contributed by atoms with Crippen LogP contribution in [0.15, 0.2) is 18.2 Å². The van der Waals surface area contributed by atoms with Crippen molar-refractivity contribution in [3.8, 4) is 5.75 Å². The Balaban J connectivity index is 2.71. The summed E-state index contributed by atoms with van der Waals surface area (Å²) < 4.78 is 5.71. The molecule has 0 aliphatic carbocycles. The highest BCUT2D eigenvalue weighted by molar-refractivity contribution is 5.80. The zero-order valence-electron chi connectivity index (χ0n) is 12.8. The van der Waals surface area contributed by atoms with Gasteiger partial charge in [-0.25, -0.2) is 0 Å². The Kier molecular flexibility index (Phi) is 6.52. The molecule has 0 aliphatic rings. The van der Waals surface area contributed by atoms with E-state index in [0.717, 1.165) is 18.4 Å². The molecule has 1 aromatic carbocycles. The van der Waals surface area contributed by atoms with Gasteiger partial charge in [0.1, 0.15) is 5.75 Å². The number of hydrogen-bond acceptors (Lipinski definition) is 3. The summed E-state index contributed by atoms with van der Waals surface area (Å²) in [5.41, 5.74) is 1.73. The summed E-state index contributed by atoms with van der Waals surface area (Å²) in [5, 5.41) is 12.6. The first kappa shape index (κ1) is 16.5. The van der Waals surface area contributed by atoms with E-state index in [1.165, 1.54) is 0 Å². The van der Waals surface area contributed by atoms with Gasteiger partial charge in [-0.15, -0.1) is 0 Å². The van der Waals surface area contributed by atoms with Crippen molar-refractivity contribution in [1.82, 2.24) is 5.32 Å². The number of aliphatic hydroxyl groups excluding tert-OH is 1. The van der Waals surface area contributed by atoms with Crippen LogP contribution in [0.2, 0.25) is 0 Å². The summed E-state index contributed by atoms with van der Waals surface area (Å²) in [5.74, 6) is 0.439. The van der Waals surface area contributed by atoms with Crippen molar-refractivity contribution in [1.29, 1.82) is 0 Å². The molecule has 1 rings (SSSR count). The number of amides is 1. The standard InChI is InChI=1S/C16H25NO3/c1-5-6-9-17-16(19)13(4)20-15-10-11(2)7-8-14(15)12(3)18/h7-8,10,12-13,18H,5-6,9H2,1-4H3,(H,17,19)/t12-,13?/m1/s1. The number of nitrogens with one attached hydrogen (secondary N) is 1. The van der Waals surface area contributed by atoms with Gasteiger partial charge in [0.2, 0.25) is 0 Å². The Bertz CT molecular complexity index is 443. The molecule has 0 bridgehead atoms. The number of hydrogen-bond donors (Lipinski definition) is 2. The maximum atomic E-state index is 11.9. The molecule has 2 atom stereocenters. The predicted molar refractivity (Wildman–Crippen MR) is 79.8 cm³/mol. The smallest absolute Gasteiger partial charge is 0.260 e. The first-order chi connectivity index (χ1) is 9.45. The summed E-state index contributed by atoms with van der Waals surface area (Å²) in [6, 6.07) is 5.59. The first-order valence-electron chi connectivity index (χ1n) is 7.18. The van der Waals surface area contributed by atoms with Crippen LogP contribution in [0.25, 0.3) is 0 Å². The molecule has 0 saturated carbocycles. The van der Waals surface area contributed by atoms with E-state index in [1.807, 2.05) is 25.1 Å². The average molecular weight is 279 g/mol. The van der Waals surface area contributed by atoms with E-state index in [2.05, 4.69) is 12.2 Å². The number of aliphatic hydroxyl groups is 1. The van der Waals surface area contributed by atoms with Crippen LogP contribution >= 0.6 is 0 Å². The van der Waals surface area contributed by atoms with Crippen LogP contribution in [0.5, 0.6) is 5.75 Å². The minimum Gasteiger partial charge on any atom is -0.481 e. The van der Waals surface area contributed by atoms with E-state index >= 15 is 0 Å². The molecule has 0 radical (unpaired) electrons. The summed E-state index contributed by atoms with van der Waals surface area (Å²) in [7, 11) is 0. The molecule has 1 unspecified atom stereocenters. The first-order valence-corrected chi connectivity index (χ1v) is 7.18. The van der Waals surface area contributed by atoms with E-state index < -0.39 is 12.2 Å². The molecule has 4 heteroatoms. The van der Waals surface area contributed by atoms with Gasteiger partial charge in [0.05, 0.1) is 6.10 Å². The lowest BCUT2D eigenvalue weighted by Crippen LogP contribution is -2.37. The van der Waals surface area contributed by atoms with Gasteiger partial charge in [-0.3, -0.25) is 4.79 Å². The molecule has 1 amide bonds. The van der Waals surface area contributed by atoms with Crippen LogP contribution in [-0.2, 0) is 4.79 Å². The van der Waals surface area contributed by atoms with Gasteiger partial charge in [-0.1, -0.05) is 25.5 Å².